The van der Waals surface area contributed by atoms with Gasteiger partial charge in [-0.2, -0.15) is 0 Å². The maximum Gasteiger partial charge on any atom is 0.335 e. The average Bonchev–Trinajstić information content (AvgIpc) is 2.78. The highest BCUT2D eigenvalue weighted by molar-refractivity contribution is 5.87. The van der Waals surface area contributed by atoms with Gasteiger partial charge >= 0.3 is 5.97 Å². The second kappa shape index (κ2) is 5.06. The van der Waals surface area contributed by atoms with Crippen molar-refractivity contribution >= 4 is 5.97 Å². The molecule has 2 rings (SSSR count). The molecule has 3 N–H and O–H groups in total. The number of nitrogens with zero attached hydrogens (tertiary/aromatic N) is 1. The molecular weight excluding hydrogens is 228 g/mol. The van der Waals surface area contributed by atoms with Crippen LogP contribution in [0.15, 0.2) is 42.7 Å². The van der Waals surface area contributed by atoms with Crippen LogP contribution in [0.4, 0.5) is 0 Å². The van der Waals surface area contributed by atoms with Crippen molar-refractivity contribution in [3.8, 4) is 0 Å². The third kappa shape index (κ3) is 2.78. The number of carboxylic acid groups (broad SMARTS) is 1. The Kier molecular flexibility index (Phi) is 3.48. The highest BCUT2D eigenvalue weighted by Crippen LogP contribution is 2.12. The average molecular weight is 244 g/mol. The molecule has 2 aromatic rings. The van der Waals surface area contributed by atoms with E-state index in [9.17, 15) is 4.79 Å². The van der Waals surface area contributed by atoms with E-state index in [4.69, 9.17) is 10.8 Å². The lowest BCUT2D eigenvalue weighted by molar-refractivity contribution is 0.0697. The predicted molar refractivity (Wildman–Crippen MR) is 69.5 cm³/mol. The molecule has 1 aromatic carbocycles. The molecular formula is C14H16N2O2. The smallest absolute Gasteiger partial charge is 0.335 e. The van der Waals surface area contributed by atoms with Crippen molar-refractivity contribution in [2.45, 2.75) is 19.5 Å². The third-order valence-corrected chi connectivity index (χ3v) is 2.87. The topological polar surface area (TPSA) is 68.2 Å². The fourth-order valence-electron chi connectivity index (χ4n) is 1.79. The molecule has 4 nitrogen and oxygen atoms in total. The van der Waals surface area contributed by atoms with Gasteiger partial charge in [-0.05, 0) is 36.2 Å². The first kappa shape index (κ1) is 12.4. The van der Waals surface area contributed by atoms with Gasteiger partial charge in [0.2, 0.25) is 0 Å². The Hall–Kier alpha value is -2.07. The Morgan fingerprint density at radius 3 is 2.50 bits per heavy atom. The summed E-state index contributed by atoms with van der Waals surface area (Å²) in [6.45, 7) is 2.66. The first-order valence-corrected chi connectivity index (χ1v) is 5.80. The van der Waals surface area contributed by atoms with Gasteiger partial charge in [-0.3, -0.25) is 0 Å². The normalized spacial score (nSPS) is 12.3. The first-order valence-electron chi connectivity index (χ1n) is 5.80. The van der Waals surface area contributed by atoms with Crippen molar-refractivity contribution in [3.63, 3.8) is 0 Å². The van der Waals surface area contributed by atoms with E-state index in [-0.39, 0.29) is 6.04 Å². The zero-order valence-corrected chi connectivity index (χ0v) is 10.2. The van der Waals surface area contributed by atoms with Gasteiger partial charge in [-0.25, -0.2) is 4.79 Å². The van der Waals surface area contributed by atoms with Gasteiger partial charge in [0.15, 0.2) is 0 Å². The molecule has 1 atom stereocenters. The van der Waals surface area contributed by atoms with Gasteiger partial charge in [0.05, 0.1) is 5.56 Å². The van der Waals surface area contributed by atoms with Gasteiger partial charge in [-0.1, -0.05) is 12.1 Å². The summed E-state index contributed by atoms with van der Waals surface area (Å²) in [4.78, 5) is 10.7. The van der Waals surface area contributed by atoms with E-state index < -0.39 is 5.97 Å². The van der Waals surface area contributed by atoms with Crippen LogP contribution < -0.4 is 5.73 Å². The number of carboxylic acids is 1. The van der Waals surface area contributed by atoms with Gasteiger partial charge in [0.25, 0.3) is 0 Å². The van der Waals surface area contributed by atoms with Crippen LogP contribution in [0.3, 0.4) is 0 Å². The standard InChI is InChI=1S/C14H16N2O2/c1-10(15)13-6-7-16(9-13)8-11-2-4-12(5-3-11)14(17)18/h2-7,9-10H,8,15H2,1H3,(H,17,18). The van der Waals surface area contributed by atoms with Crippen LogP contribution in [0.1, 0.15) is 34.5 Å². The van der Waals surface area contributed by atoms with E-state index in [1.54, 1.807) is 12.1 Å². The number of rotatable bonds is 4. The van der Waals surface area contributed by atoms with Gasteiger partial charge in [0.1, 0.15) is 0 Å². The molecule has 0 fully saturated rings. The van der Waals surface area contributed by atoms with Crippen LogP contribution in [0.25, 0.3) is 0 Å². The Morgan fingerprint density at radius 2 is 2.00 bits per heavy atom. The lowest BCUT2D eigenvalue weighted by Gasteiger charge is -2.04. The van der Waals surface area contributed by atoms with Crippen LogP contribution in [0.2, 0.25) is 0 Å². The van der Waals surface area contributed by atoms with Gasteiger partial charge in [0, 0.05) is 25.0 Å². The monoisotopic (exact) mass is 244 g/mol. The van der Waals surface area contributed by atoms with E-state index in [0.717, 1.165) is 11.1 Å². The lowest BCUT2D eigenvalue weighted by atomic mass is 10.1. The summed E-state index contributed by atoms with van der Waals surface area (Å²) >= 11 is 0. The maximum absolute atomic E-state index is 10.7. The minimum Gasteiger partial charge on any atom is -0.478 e. The molecule has 0 saturated carbocycles. The molecule has 0 amide bonds. The van der Waals surface area contributed by atoms with Crippen LogP contribution in [-0.4, -0.2) is 15.6 Å². The minimum absolute atomic E-state index is 0.0284. The fraction of sp³-hybridized carbons (Fsp3) is 0.214. The lowest BCUT2D eigenvalue weighted by Crippen LogP contribution is -2.04. The second-order valence-electron chi connectivity index (χ2n) is 4.41. The zero-order valence-electron chi connectivity index (χ0n) is 10.2. The van der Waals surface area contributed by atoms with Gasteiger partial charge in [-0.15, -0.1) is 0 Å². The van der Waals surface area contributed by atoms with E-state index in [0.29, 0.717) is 12.1 Å². The number of hydrogen-bond acceptors (Lipinski definition) is 2. The molecule has 0 bridgehead atoms. The zero-order chi connectivity index (χ0) is 13.1. The molecule has 0 spiro atoms. The Bertz CT molecular complexity index is 541. The van der Waals surface area contributed by atoms with Crippen molar-refractivity contribution in [2.24, 2.45) is 5.73 Å². The summed E-state index contributed by atoms with van der Waals surface area (Å²) in [6, 6.07) is 8.92. The minimum atomic E-state index is -0.901. The van der Waals surface area contributed by atoms with E-state index in [1.807, 2.05) is 42.1 Å². The molecule has 0 aliphatic rings. The molecule has 0 aliphatic carbocycles. The number of nitrogens with two attached hydrogens (primary N) is 1. The maximum atomic E-state index is 10.7. The molecule has 1 aromatic heterocycles. The van der Waals surface area contributed by atoms with E-state index in [1.165, 1.54) is 0 Å². The van der Waals surface area contributed by atoms with E-state index >= 15 is 0 Å². The molecule has 94 valence electrons. The first-order chi connectivity index (χ1) is 8.56. The Morgan fingerprint density at radius 1 is 1.33 bits per heavy atom. The molecule has 0 aliphatic heterocycles. The van der Waals surface area contributed by atoms with Crippen molar-refractivity contribution < 1.29 is 9.90 Å². The molecule has 1 heterocycles. The number of aromatic nitrogens is 1. The van der Waals surface area contributed by atoms with Crippen LogP contribution in [0, 0.1) is 0 Å². The highest BCUT2D eigenvalue weighted by atomic mass is 16.4. The molecule has 0 saturated heterocycles. The Balaban J connectivity index is 2.10. The molecule has 0 radical (unpaired) electrons. The largest absolute Gasteiger partial charge is 0.478 e. The summed E-state index contributed by atoms with van der Waals surface area (Å²) < 4.78 is 2.04. The van der Waals surface area contributed by atoms with Gasteiger partial charge < -0.3 is 15.4 Å². The van der Waals surface area contributed by atoms with E-state index in [2.05, 4.69) is 0 Å². The fourth-order valence-corrected chi connectivity index (χ4v) is 1.79. The van der Waals surface area contributed by atoms with Crippen molar-refractivity contribution in [2.75, 3.05) is 0 Å². The number of hydrogen-bond donors (Lipinski definition) is 2. The Labute approximate surface area is 106 Å². The number of carbonyl (C=O) groups is 1. The molecule has 18 heavy (non-hydrogen) atoms. The summed E-state index contributed by atoms with van der Waals surface area (Å²) in [5, 5.41) is 8.81. The molecule has 4 heteroatoms. The van der Waals surface area contributed by atoms with Crippen LogP contribution in [-0.2, 0) is 6.54 Å². The number of aromatic carboxylic acids is 1. The molecule has 1 unspecified atom stereocenters. The summed E-state index contributed by atoms with van der Waals surface area (Å²) in [5.74, 6) is -0.901. The summed E-state index contributed by atoms with van der Waals surface area (Å²) in [5.41, 5.74) is 8.26. The van der Waals surface area contributed by atoms with Crippen LogP contribution in [0.5, 0.6) is 0 Å². The number of benzene rings is 1. The summed E-state index contributed by atoms with van der Waals surface area (Å²) in [6.07, 6.45) is 3.99. The van der Waals surface area contributed by atoms with Crippen molar-refractivity contribution in [3.05, 3.63) is 59.4 Å². The predicted octanol–water partition coefficient (Wildman–Crippen LogP) is 2.25. The van der Waals surface area contributed by atoms with Crippen molar-refractivity contribution in [1.82, 2.24) is 4.57 Å². The van der Waals surface area contributed by atoms with Crippen LogP contribution >= 0.6 is 0 Å². The second-order valence-corrected chi connectivity index (χ2v) is 4.41. The third-order valence-electron chi connectivity index (χ3n) is 2.87. The summed E-state index contributed by atoms with van der Waals surface area (Å²) in [7, 11) is 0. The SMILES string of the molecule is CC(N)c1ccn(Cc2ccc(C(=O)O)cc2)c1. The highest BCUT2D eigenvalue weighted by Gasteiger charge is 2.04. The quantitative estimate of drug-likeness (QED) is 0.866. The van der Waals surface area contributed by atoms with Crippen molar-refractivity contribution in [1.29, 1.82) is 0 Å².